The van der Waals surface area contributed by atoms with Crippen LogP contribution in [-0.4, -0.2) is 16.4 Å². The Bertz CT molecular complexity index is 476. The minimum absolute atomic E-state index is 0.535. The van der Waals surface area contributed by atoms with E-state index in [1.807, 2.05) is 24.7 Å². The molecule has 0 amide bonds. The normalized spacial score (nSPS) is 11.1. The highest BCUT2D eigenvalue weighted by Gasteiger charge is 2.08. The van der Waals surface area contributed by atoms with Crippen LogP contribution in [0.15, 0.2) is 18.2 Å². The average molecular weight is 205 g/mol. The number of hydrogen-bond acceptors (Lipinski definition) is 3. The molecule has 1 aromatic carbocycles. The first kappa shape index (κ1) is 10.1. The summed E-state index contributed by atoms with van der Waals surface area (Å²) >= 11 is 0. The molecule has 0 saturated carbocycles. The first-order chi connectivity index (χ1) is 7.24. The predicted octanol–water partition coefficient (Wildman–Crippen LogP) is 1.31. The van der Waals surface area contributed by atoms with Crippen LogP contribution in [0.1, 0.15) is 11.3 Å². The Balaban J connectivity index is 2.54. The van der Waals surface area contributed by atoms with E-state index in [0.29, 0.717) is 6.61 Å². The van der Waals surface area contributed by atoms with E-state index in [4.69, 9.17) is 5.90 Å². The molecular weight excluding hydrogens is 190 g/mol. The van der Waals surface area contributed by atoms with Crippen LogP contribution in [0.4, 0.5) is 0 Å². The third-order valence-corrected chi connectivity index (χ3v) is 2.63. The first-order valence-electron chi connectivity index (χ1n) is 4.97. The maximum absolute atomic E-state index is 5.04. The summed E-state index contributed by atoms with van der Waals surface area (Å²) in [5.41, 5.74) is 3.45. The van der Waals surface area contributed by atoms with E-state index < -0.39 is 0 Å². The summed E-state index contributed by atoms with van der Waals surface area (Å²) in [5.74, 6) is 5.04. The van der Waals surface area contributed by atoms with Crippen LogP contribution >= 0.6 is 0 Å². The third kappa shape index (κ3) is 1.73. The zero-order valence-electron chi connectivity index (χ0n) is 9.03. The third-order valence-electron chi connectivity index (χ3n) is 2.63. The highest BCUT2D eigenvalue weighted by atomic mass is 16.6. The molecule has 0 aliphatic carbocycles. The fourth-order valence-electron chi connectivity index (χ4n) is 1.98. The molecule has 0 aliphatic rings. The topological polar surface area (TPSA) is 53.1 Å². The number of benzene rings is 1. The number of hydrogen-bond donors (Lipinski definition) is 1. The Hall–Kier alpha value is -1.39. The largest absolute Gasteiger partial charge is 0.304 e. The summed E-state index contributed by atoms with van der Waals surface area (Å²) in [6.45, 7) is 2.56. The van der Waals surface area contributed by atoms with Crippen molar-refractivity contribution in [1.82, 2.24) is 9.78 Å². The minimum atomic E-state index is 0.535. The first-order valence-corrected chi connectivity index (χ1v) is 4.97. The molecule has 0 spiro atoms. The van der Waals surface area contributed by atoms with E-state index in [2.05, 4.69) is 22.1 Å². The maximum atomic E-state index is 5.04. The Morgan fingerprint density at radius 1 is 1.47 bits per heavy atom. The van der Waals surface area contributed by atoms with Gasteiger partial charge in [0.1, 0.15) is 0 Å². The van der Waals surface area contributed by atoms with E-state index in [0.717, 1.165) is 17.6 Å². The molecule has 0 radical (unpaired) electrons. The van der Waals surface area contributed by atoms with Crippen LogP contribution in [0, 0.1) is 6.92 Å². The molecule has 2 N–H and O–H groups in total. The van der Waals surface area contributed by atoms with Crippen molar-refractivity contribution in [3.63, 3.8) is 0 Å². The van der Waals surface area contributed by atoms with E-state index in [1.54, 1.807) is 0 Å². The molecule has 1 aromatic heterocycles. The highest BCUT2D eigenvalue weighted by Crippen LogP contribution is 2.22. The van der Waals surface area contributed by atoms with Gasteiger partial charge in [-0.2, -0.15) is 5.10 Å². The van der Waals surface area contributed by atoms with Crippen molar-refractivity contribution in [3.05, 3.63) is 29.5 Å². The SMILES string of the molecule is Cc1nn(C)c2cccc(CCON)c12. The van der Waals surface area contributed by atoms with Gasteiger partial charge in [0, 0.05) is 12.4 Å². The molecule has 0 bridgehead atoms. The van der Waals surface area contributed by atoms with Gasteiger partial charge in [-0.15, -0.1) is 0 Å². The summed E-state index contributed by atoms with van der Waals surface area (Å²) in [6, 6.07) is 6.20. The van der Waals surface area contributed by atoms with Crippen molar-refractivity contribution in [2.75, 3.05) is 6.61 Å². The van der Waals surface area contributed by atoms with Gasteiger partial charge >= 0.3 is 0 Å². The van der Waals surface area contributed by atoms with Crippen LogP contribution in [0.2, 0.25) is 0 Å². The molecule has 2 aromatic rings. The van der Waals surface area contributed by atoms with Crippen molar-refractivity contribution in [1.29, 1.82) is 0 Å². The zero-order valence-corrected chi connectivity index (χ0v) is 9.03. The van der Waals surface area contributed by atoms with E-state index in [9.17, 15) is 0 Å². The van der Waals surface area contributed by atoms with Gasteiger partial charge in [-0.05, 0) is 25.0 Å². The maximum Gasteiger partial charge on any atom is 0.0719 e. The molecule has 2 rings (SSSR count). The molecule has 0 unspecified atom stereocenters. The van der Waals surface area contributed by atoms with Gasteiger partial charge in [-0.25, -0.2) is 5.90 Å². The molecule has 0 atom stereocenters. The lowest BCUT2D eigenvalue weighted by Gasteiger charge is -2.02. The summed E-state index contributed by atoms with van der Waals surface area (Å²) in [7, 11) is 1.96. The second-order valence-corrected chi connectivity index (χ2v) is 3.64. The average Bonchev–Trinajstić information content (AvgIpc) is 2.53. The molecule has 0 aliphatic heterocycles. The number of aryl methyl sites for hydroxylation is 2. The smallest absolute Gasteiger partial charge is 0.0719 e. The number of rotatable bonds is 3. The molecule has 1 heterocycles. The van der Waals surface area contributed by atoms with Crippen molar-refractivity contribution in [2.24, 2.45) is 12.9 Å². The highest BCUT2D eigenvalue weighted by molar-refractivity contribution is 5.85. The fraction of sp³-hybridized carbons (Fsp3) is 0.364. The second-order valence-electron chi connectivity index (χ2n) is 3.64. The minimum Gasteiger partial charge on any atom is -0.304 e. The molecule has 0 fully saturated rings. The van der Waals surface area contributed by atoms with Crippen LogP contribution in [-0.2, 0) is 18.3 Å². The van der Waals surface area contributed by atoms with E-state index in [-0.39, 0.29) is 0 Å². The van der Waals surface area contributed by atoms with Crippen molar-refractivity contribution in [3.8, 4) is 0 Å². The molecule has 0 saturated heterocycles. The van der Waals surface area contributed by atoms with Gasteiger partial charge in [0.05, 0.1) is 17.8 Å². The fourth-order valence-corrected chi connectivity index (χ4v) is 1.98. The summed E-state index contributed by atoms with van der Waals surface area (Å²) in [6.07, 6.45) is 0.820. The lowest BCUT2D eigenvalue weighted by atomic mass is 10.1. The molecule has 15 heavy (non-hydrogen) atoms. The van der Waals surface area contributed by atoms with Crippen LogP contribution in [0.25, 0.3) is 10.9 Å². The van der Waals surface area contributed by atoms with Crippen molar-refractivity contribution in [2.45, 2.75) is 13.3 Å². The molecular formula is C11H15N3O. The molecule has 80 valence electrons. The van der Waals surface area contributed by atoms with Gasteiger partial charge < -0.3 is 4.84 Å². The van der Waals surface area contributed by atoms with Gasteiger partial charge in [-0.1, -0.05) is 12.1 Å². The Morgan fingerprint density at radius 2 is 2.27 bits per heavy atom. The zero-order chi connectivity index (χ0) is 10.8. The standard InChI is InChI=1S/C11H15N3O/c1-8-11-9(6-7-15-12)4-3-5-10(11)14(2)13-8/h3-5H,6-7,12H2,1-2H3. The van der Waals surface area contributed by atoms with Gasteiger partial charge in [0.25, 0.3) is 0 Å². The lowest BCUT2D eigenvalue weighted by molar-refractivity contribution is 0.141. The molecule has 4 nitrogen and oxygen atoms in total. The number of nitrogens with two attached hydrogens (primary N) is 1. The summed E-state index contributed by atoms with van der Waals surface area (Å²) < 4.78 is 1.90. The van der Waals surface area contributed by atoms with Crippen molar-refractivity contribution >= 4 is 10.9 Å². The second kappa shape index (κ2) is 4.00. The van der Waals surface area contributed by atoms with E-state index >= 15 is 0 Å². The van der Waals surface area contributed by atoms with Gasteiger partial charge in [0.2, 0.25) is 0 Å². The van der Waals surface area contributed by atoms with E-state index in [1.165, 1.54) is 10.9 Å². The van der Waals surface area contributed by atoms with Crippen LogP contribution in [0.5, 0.6) is 0 Å². The monoisotopic (exact) mass is 205 g/mol. The van der Waals surface area contributed by atoms with Gasteiger partial charge in [0.15, 0.2) is 0 Å². The number of nitrogens with zero attached hydrogens (tertiary/aromatic N) is 2. The van der Waals surface area contributed by atoms with Crippen molar-refractivity contribution < 1.29 is 4.84 Å². The van der Waals surface area contributed by atoms with Gasteiger partial charge in [-0.3, -0.25) is 4.68 Å². The summed E-state index contributed by atoms with van der Waals surface area (Å²) in [4.78, 5) is 4.61. The predicted molar refractivity (Wildman–Crippen MR) is 59.3 cm³/mol. The van der Waals surface area contributed by atoms with Crippen LogP contribution < -0.4 is 5.90 Å². The molecule has 4 heteroatoms. The quantitative estimate of drug-likeness (QED) is 0.769. The number of aromatic nitrogens is 2. The van der Waals surface area contributed by atoms with Crippen LogP contribution in [0.3, 0.4) is 0 Å². The number of fused-ring (bicyclic) bond motifs is 1. The Labute approximate surface area is 88.6 Å². The Morgan fingerprint density at radius 3 is 3.00 bits per heavy atom. The lowest BCUT2D eigenvalue weighted by Crippen LogP contribution is -2.04. The summed E-state index contributed by atoms with van der Waals surface area (Å²) in [5, 5.41) is 5.62. The Kier molecular flexibility index (Phi) is 2.70.